The number of hydrogen-bond donors (Lipinski definition) is 1. The van der Waals surface area contributed by atoms with Crippen molar-refractivity contribution in [1.82, 2.24) is 14.8 Å². The van der Waals surface area contributed by atoms with Crippen LogP contribution < -0.4 is 5.73 Å². The molecule has 124 valence electrons. The number of benzene rings is 1. The molecule has 0 radical (unpaired) electrons. The summed E-state index contributed by atoms with van der Waals surface area (Å²) in [5.74, 6) is 2.20. The molecule has 2 aromatic heterocycles. The molecule has 0 saturated heterocycles. The van der Waals surface area contributed by atoms with Gasteiger partial charge in [0, 0.05) is 30.7 Å². The Morgan fingerprint density at radius 2 is 2.32 bits per heavy atom. The zero-order valence-electron chi connectivity index (χ0n) is 13.4. The number of oxazole rings is 1. The molecule has 3 aromatic rings. The second kappa shape index (κ2) is 5.64. The number of aryl methyl sites for hydroxylation is 2. The number of nitrogens with two attached hydrogens (primary N) is 1. The molecule has 0 bridgehead atoms. The molecule has 4 rings (SSSR count). The second-order valence-electron chi connectivity index (χ2n) is 6.12. The molecule has 1 aromatic carbocycles. The third-order valence-corrected chi connectivity index (χ3v) is 4.72. The van der Waals surface area contributed by atoms with E-state index in [0.717, 1.165) is 0 Å². The van der Waals surface area contributed by atoms with Crippen LogP contribution in [-0.2, 0) is 12.9 Å². The highest BCUT2D eigenvalue weighted by Crippen LogP contribution is 2.34. The molecule has 0 spiro atoms. The summed E-state index contributed by atoms with van der Waals surface area (Å²) in [6.45, 7) is 2.18. The maximum Gasteiger partial charge on any atom is 0.275 e. The molecular weight excluding hydrogens is 340 g/mol. The van der Waals surface area contributed by atoms with Gasteiger partial charge in [-0.2, -0.15) is 5.10 Å². The molecule has 0 saturated carbocycles. The van der Waals surface area contributed by atoms with Gasteiger partial charge in [-0.25, -0.2) is 10.2 Å². The number of nitrogens with zero attached hydrogens (tertiary/aromatic N) is 4. The fourth-order valence-corrected chi connectivity index (χ4v) is 3.57. The molecule has 0 fully saturated rings. The predicted molar refractivity (Wildman–Crippen MR) is 93.4 cm³/mol. The number of carbonyl (C=O) groups excluding carboxylic acids is 1. The normalized spacial score (nSPS) is 13.7. The fourth-order valence-electron chi connectivity index (χ4n) is 3.31. The average Bonchev–Trinajstić information content (AvgIpc) is 3.14. The third-order valence-electron chi connectivity index (χ3n) is 4.44. The minimum Gasteiger partial charge on any atom is -0.439 e. The molecule has 1 aliphatic rings. The first-order chi connectivity index (χ1) is 12.0. The lowest BCUT2D eigenvalue weighted by molar-refractivity contribution is 0.1000. The summed E-state index contributed by atoms with van der Waals surface area (Å²) < 4.78 is 7.24. The van der Waals surface area contributed by atoms with Crippen LogP contribution in [-0.4, -0.2) is 27.4 Å². The van der Waals surface area contributed by atoms with E-state index in [4.69, 9.17) is 21.8 Å². The number of nitriles is 1. The van der Waals surface area contributed by atoms with Crippen molar-refractivity contribution in [1.29, 1.82) is 5.26 Å². The van der Waals surface area contributed by atoms with Crippen LogP contribution in [0, 0.1) is 18.2 Å². The molecular formula is C16H13BClN5O2. The molecule has 9 heteroatoms. The third kappa shape index (κ3) is 2.48. The molecule has 3 heterocycles. The van der Waals surface area contributed by atoms with Crippen LogP contribution in [0.5, 0.6) is 0 Å². The monoisotopic (exact) mass is 353 g/mol. The summed E-state index contributed by atoms with van der Waals surface area (Å²) in [6, 6.07) is 3.47. The van der Waals surface area contributed by atoms with Gasteiger partial charge in [0.15, 0.2) is 11.5 Å². The predicted octanol–water partition coefficient (Wildman–Crippen LogP) is 2.40. The zero-order valence-corrected chi connectivity index (χ0v) is 14.2. The van der Waals surface area contributed by atoms with Gasteiger partial charge in [0.2, 0.25) is 0 Å². The van der Waals surface area contributed by atoms with Gasteiger partial charge in [0.05, 0.1) is 10.6 Å². The number of aromatic nitrogens is 3. The van der Waals surface area contributed by atoms with Crippen LogP contribution in [0.25, 0.3) is 22.4 Å². The van der Waals surface area contributed by atoms with Crippen molar-refractivity contribution >= 4 is 35.3 Å². The SMILES string of the molecule is Cc1nc2cc(-c3nn4c(c3C(N)=O)CB(C#N)CC4)cc(Cl)c2o1. The topological polar surface area (TPSA) is 111 Å². The van der Waals surface area contributed by atoms with Gasteiger partial charge in [-0.1, -0.05) is 11.6 Å². The van der Waals surface area contributed by atoms with E-state index in [9.17, 15) is 10.1 Å². The van der Waals surface area contributed by atoms with E-state index in [1.807, 2.05) is 0 Å². The highest BCUT2D eigenvalue weighted by atomic mass is 35.5. The number of primary amides is 1. The summed E-state index contributed by atoms with van der Waals surface area (Å²) in [4.78, 5) is 16.4. The zero-order chi connectivity index (χ0) is 17.7. The molecule has 0 aliphatic carbocycles. The first-order valence-electron chi connectivity index (χ1n) is 7.84. The van der Waals surface area contributed by atoms with E-state index in [1.165, 1.54) is 0 Å². The van der Waals surface area contributed by atoms with Gasteiger partial charge < -0.3 is 10.2 Å². The number of amides is 1. The lowest BCUT2D eigenvalue weighted by Gasteiger charge is -2.15. The minimum absolute atomic E-state index is 0.139. The fraction of sp³-hybridized carbons (Fsp3) is 0.250. The first kappa shape index (κ1) is 15.7. The molecule has 0 unspecified atom stereocenters. The molecule has 1 aliphatic heterocycles. The second-order valence-corrected chi connectivity index (χ2v) is 6.52. The van der Waals surface area contributed by atoms with Crippen LogP contribution in [0.4, 0.5) is 0 Å². The van der Waals surface area contributed by atoms with E-state index in [2.05, 4.69) is 16.1 Å². The number of fused-ring (bicyclic) bond motifs is 2. The van der Waals surface area contributed by atoms with E-state index in [-0.39, 0.29) is 6.71 Å². The lowest BCUT2D eigenvalue weighted by atomic mass is 9.45. The van der Waals surface area contributed by atoms with Crippen molar-refractivity contribution in [2.45, 2.75) is 26.1 Å². The Hall–Kier alpha value is -2.79. The Balaban J connectivity index is 1.93. The Bertz CT molecular complexity index is 1060. The van der Waals surface area contributed by atoms with Gasteiger partial charge >= 0.3 is 0 Å². The van der Waals surface area contributed by atoms with Crippen molar-refractivity contribution in [2.24, 2.45) is 5.73 Å². The van der Waals surface area contributed by atoms with Gasteiger partial charge in [-0.3, -0.25) is 9.48 Å². The number of carbonyl (C=O) groups is 1. The quantitative estimate of drug-likeness (QED) is 0.711. The Kier molecular flexibility index (Phi) is 3.55. The molecule has 2 N–H and O–H groups in total. The van der Waals surface area contributed by atoms with Crippen molar-refractivity contribution in [2.75, 3.05) is 0 Å². The minimum atomic E-state index is -0.567. The maximum absolute atomic E-state index is 12.1. The van der Waals surface area contributed by atoms with E-state index >= 15 is 0 Å². The van der Waals surface area contributed by atoms with Crippen LogP contribution in [0.1, 0.15) is 21.9 Å². The summed E-state index contributed by atoms with van der Waals surface area (Å²) >= 11 is 6.30. The largest absolute Gasteiger partial charge is 0.439 e. The average molecular weight is 354 g/mol. The smallest absolute Gasteiger partial charge is 0.275 e. The maximum atomic E-state index is 12.1. The number of rotatable bonds is 2. The first-order valence-corrected chi connectivity index (χ1v) is 8.22. The number of halogens is 1. The van der Waals surface area contributed by atoms with E-state index < -0.39 is 5.91 Å². The summed E-state index contributed by atoms with van der Waals surface area (Å²) in [7, 11) is 0. The van der Waals surface area contributed by atoms with Crippen LogP contribution >= 0.6 is 11.6 Å². The molecule has 25 heavy (non-hydrogen) atoms. The van der Waals surface area contributed by atoms with E-state index in [1.54, 1.807) is 23.7 Å². The number of hydrogen-bond acceptors (Lipinski definition) is 5. The van der Waals surface area contributed by atoms with Crippen molar-refractivity contribution in [3.8, 4) is 17.2 Å². The highest BCUT2D eigenvalue weighted by molar-refractivity contribution is 6.66. The summed E-state index contributed by atoms with van der Waals surface area (Å²) in [5, 5.41) is 14.1. The standard InChI is InChI=1S/C16H13BClN5O2/c1-8-21-11-5-9(4-10(18)15(11)25-8)14-13(16(20)24)12-6-17(7-19)2-3-23(12)22-14/h4-5H,2-3,6H2,1H3,(H2,20,24). The Morgan fingerprint density at radius 3 is 3.04 bits per heavy atom. The van der Waals surface area contributed by atoms with Crippen molar-refractivity contribution in [3.63, 3.8) is 0 Å². The van der Waals surface area contributed by atoms with Crippen molar-refractivity contribution < 1.29 is 9.21 Å². The van der Waals surface area contributed by atoms with Gasteiger partial charge in [-0.05, 0) is 24.8 Å². The summed E-state index contributed by atoms with van der Waals surface area (Å²) in [5.41, 5.74) is 8.87. The van der Waals surface area contributed by atoms with Gasteiger partial charge in [0.25, 0.3) is 12.6 Å². The Morgan fingerprint density at radius 1 is 1.52 bits per heavy atom. The Labute approximate surface area is 148 Å². The van der Waals surface area contributed by atoms with Crippen molar-refractivity contribution in [3.05, 3.63) is 34.3 Å². The molecule has 1 amide bonds. The van der Waals surface area contributed by atoms with Gasteiger partial charge in [0.1, 0.15) is 11.2 Å². The van der Waals surface area contributed by atoms with Crippen LogP contribution in [0.2, 0.25) is 11.3 Å². The highest BCUT2D eigenvalue weighted by Gasteiger charge is 2.31. The molecule has 7 nitrogen and oxygen atoms in total. The lowest BCUT2D eigenvalue weighted by Crippen LogP contribution is -2.28. The van der Waals surface area contributed by atoms with Gasteiger partial charge in [-0.15, -0.1) is 0 Å². The van der Waals surface area contributed by atoms with Crippen LogP contribution in [0.15, 0.2) is 16.5 Å². The van der Waals surface area contributed by atoms with E-state index in [0.29, 0.717) is 63.7 Å². The molecule has 0 atom stereocenters. The van der Waals surface area contributed by atoms with Crippen LogP contribution in [0.3, 0.4) is 0 Å². The summed E-state index contributed by atoms with van der Waals surface area (Å²) in [6.07, 6.45) is 1.16.